The molecule has 0 radical (unpaired) electrons. The molecular weight excluding hydrogens is 416 g/mol. The van der Waals surface area contributed by atoms with Crippen LogP contribution in [0, 0.1) is 10.1 Å². The lowest BCUT2D eigenvalue weighted by Gasteiger charge is -2.35. The van der Waals surface area contributed by atoms with Gasteiger partial charge in [0.1, 0.15) is 6.10 Å². The quantitative estimate of drug-likeness (QED) is 0.539. The summed E-state index contributed by atoms with van der Waals surface area (Å²) in [6.07, 6.45) is 2.71. The summed E-state index contributed by atoms with van der Waals surface area (Å²) in [7, 11) is 0. The Morgan fingerprint density at radius 3 is 2.28 bits per heavy atom. The third-order valence-electron chi connectivity index (χ3n) is 5.48. The van der Waals surface area contributed by atoms with Crippen molar-refractivity contribution >= 4 is 34.8 Å². The first-order chi connectivity index (χ1) is 15.5. The van der Waals surface area contributed by atoms with E-state index in [1.54, 1.807) is 35.2 Å². The first kappa shape index (κ1) is 21.5. The molecule has 32 heavy (non-hydrogen) atoms. The molecule has 0 bridgehead atoms. The summed E-state index contributed by atoms with van der Waals surface area (Å²) < 4.78 is 5.37. The molecule has 11 nitrogen and oxygen atoms in total. The van der Waals surface area contributed by atoms with Gasteiger partial charge in [0, 0.05) is 50.2 Å². The molecule has 4 rings (SSSR count). The molecule has 3 heterocycles. The van der Waals surface area contributed by atoms with Gasteiger partial charge in [0.05, 0.1) is 5.69 Å². The van der Waals surface area contributed by atoms with Crippen molar-refractivity contribution in [1.82, 2.24) is 9.88 Å². The van der Waals surface area contributed by atoms with Gasteiger partial charge in [-0.3, -0.25) is 4.79 Å². The van der Waals surface area contributed by atoms with Crippen LogP contribution >= 0.6 is 0 Å². The molecule has 11 heteroatoms. The molecule has 1 atom stereocenters. The summed E-state index contributed by atoms with van der Waals surface area (Å²) in [4.78, 5) is 42.5. The minimum absolute atomic E-state index is 0.152. The Morgan fingerprint density at radius 2 is 1.72 bits per heavy atom. The van der Waals surface area contributed by atoms with Gasteiger partial charge >= 0.3 is 11.8 Å². The number of ether oxygens (including phenoxy) is 1. The molecule has 2 fully saturated rings. The van der Waals surface area contributed by atoms with E-state index in [0.29, 0.717) is 44.2 Å². The second-order valence-electron chi connectivity index (χ2n) is 7.60. The van der Waals surface area contributed by atoms with Crippen molar-refractivity contribution in [3.05, 3.63) is 52.7 Å². The molecule has 0 saturated carbocycles. The molecule has 3 amide bonds. The molecule has 2 aromatic rings. The Kier molecular flexibility index (Phi) is 6.45. The summed E-state index contributed by atoms with van der Waals surface area (Å²) in [6, 6.07) is 9.79. The maximum absolute atomic E-state index is 12.6. The monoisotopic (exact) mass is 440 g/mol. The van der Waals surface area contributed by atoms with Crippen LogP contribution in [0.2, 0.25) is 0 Å². The number of nitrogens with zero attached hydrogens (tertiary/aromatic N) is 4. The van der Waals surface area contributed by atoms with Crippen LogP contribution in [0.1, 0.15) is 12.8 Å². The number of rotatable bonds is 5. The van der Waals surface area contributed by atoms with Crippen LogP contribution in [-0.2, 0) is 9.53 Å². The summed E-state index contributed by atoms with van der Waals surface area (Å²) in [5, 5.41) is 16.4. The minimum Gasteiger partial charge on any atom is -0.368 e. The average Bonchev–Trinajstić information content (AvgIpc) is 3.36. The molecular formula is C21H24N6O5. The Morgan fingerprint density at radius 1 is 1.03 bits per heavy atom. The molecule has 2 saturated heterocycles. The summed E-state index contributed by atoms with van der Waals surface area (Å²) in [5.41, 5.74) is 2.07. The average molecular weight is 440 g/mol. The van der Waals surface area contributed by atoms with Crippen molar-refractivity contribution in [2.45, 2.75) is 18.9 Å². The Hall–Kier alpha value is -3.73. The number of amides is 3. The molecule has 0 spiro atoms. The Bertz CT molecular complexity index is 967. The zero-order valence-electron chi connectivity index (χ0n) is 17.4. The highest BCUT2D eigenvalue weighted by molar-refractivity contribution is 5.95. The van der Waals surface area contributed by atoms with Gasteiger partial charge in [-0.05, 0) is 53.1 Å². The number of anilines is 3. The van der Waals surface area contributed by atoms with E-state index in [4.69, 9.17) is 4.74 Å². The largest absolute Gasteiger partial charge is 0.368 e. The Balaban J connectivity index is 1.25. The number of nitro groups is 1. The second kappa shape index (κ2) is 9.60. The van der Waals surface area contributed by atoms with E-state index >= 15 is 0 Å². The SMILES string of the molecule is O=C(Nc1ccc(NC(=O)N2CCN(c3ccc([N+](=O)[O-])nc3)CC2)cc1)[C@H]1CCCO1. The normalized spacial score (nSPS) is 18.3. The van der Waals surface area contributed by atoms with Crippen LogP contribution in [-0.4, -0.2) is 65.6 Å². The van der Waals surface area contributed by atoms with E-state index < -0.39 is 11.0 Å². The van der Waals surface area contributed by atoms with Crippen molar-refractivity contribution in [3.63, 3.8) is 0 Å². The van der Waals surface area contributed by atoms with Crippen LogP contribution < -0.4 is 15.5 Å². The fraction of sp³-hybridized carbons (Fsp3) is 0.381. The van der Waals surface area contributed by atoms with Crippen LogP contribution in [0.5, 0.6) is 0 Å². The minimum atomic E-state index is -0.531. The van der Waals surface area contributed by atoms with Gasteiger partial charge in [-0.2, -0.15) is 0 Å². The predicted octanol–water partition coefficient (Wildman–Crippen LogP) is 2.46. The van der Waals surface area contributed by atoms with Crippen molar-refractivity contribution in [3.8, 4) is 0 Å². The molecule has 168 valence electrons. The number of piperazine rings is 1. The van der Waals surface area contributed by atoms with Gasteiger partial charge in [0.25, 0.3) is 5.91 Å². The lowest BCUT2D eigenvalue weighted by Crippen LogP contribution is -2.50. The van der Waals surface area contributed by atoms with Gasteiger partial charge < -0.3 is 35.3 Å². The molecule has 0 aliphatic carbocycles. The highest BCUT2D eigenvalue weighted by Gasteiger charge is 2.24. The van der Waals surface area contributed by atoms with Crippen molar-refractivity contribution in [2.75, 3.05) is 48.3 Å². The first-order valence-electron chi connectivity index (χ1n) is 10.4. The van der Waals surface area contributed by atoms with Gasteiger partial charge in [0.15, 0.2) is 6.20 Å². The van der Waals surface area contributed by atoms with E-state index in [0.717, 1.165) is 18.5 Å². The number of carbonyl (C=O) groups is 2. The number of pyridine rings is 1. The van der Waals surface area contributed by atoms with Gasteiger partial charge in [-0.25, -0.2) is 4.79 Å². The predicted molar refractivity (Wildman–Crippen MR) is 118 cm³/mol. The van der Waals surface area contributed by atoms with Crippen LogP contribution in [0.3, 0.4) is 0 Å². The summed E-state index contributed by atoms with van der Waals surface area (Å²) >= 11 is 0. The topological polar surface area (TPSA) is 130 Å². The molecule has 1 aromatic carbocycles. The Labute approximate surface area is 184 Å². The smallest absolute Gasteiger partial charge is 0.363 e. The van der Waals surface area contributed by atoms with E-state index in [-0.39, 0.29) is 17.8 Å². The lowest BCUT2D eigenvalue weighted by atomic mass is 10.2. The number of benzene rings is 1. The number of hydrogen-bond donors (Lipinski definition) is 2. The second-order valence-corrected chi connectivity index (χ2v) is 7.60. The number of urea groups is 1. The van der Waals surface area contributed by atoms with Gasteiger partial charge in [0.2, 0.25) is 0 Å². The van der Waals surface area contributed by atoms with Gasteiger partial charge in [-0.1, -0.05) is 0 Å². The van der Waals surface area contributed by atoms with Crippen LogP contribution in [0.15, 0.2) is 42.6 Å². The highest BCUT2D eigenvalue weighted by atomic mass is 16.6. The van der Waals surface area contributed by atoms with Crippen LogP contribution in [0.25, 0.3) is 0 Å². The third-order valence-corrected chi connectivity index (χ3v) is 5.48. The van der Waals surface area contributed by atoms with Gasteiger partial charge in [-0.15, -0.1) is 0 Å². The summed E-state index contributed by atoms with van der Waals surface area (Å²) in [6.45, 7) is 2.83. The van der Waals surface area contributed by atoms with Crippen LogP contribution in [0.4, 0.5) is 27.7 Å². The zero-order valence-corrected chi connectivity index (χ0v) is 17.4. The van der Waals surface area contributed by atoms with E-state index in [1.165, 1.54) is 12.3 Å². The van der Waals surface area contributed by atoms with Crippen molar-refractivity contribution in [2.24, 2.45) is 0 Å². The summed E-state index contributed by atoms with van der Waals surface area (Å²) in [5.74, 6) is -0.343. The van der Waals surface area contributed by atoms with E-state index in [1.807, 2.05) is 4.90 Å². The zero-order chi connectivity index (χ0) is 22.5. The number of aromatic nitrogens is 1. The third kappa shape index (κ3) is 5.11. The molecule has 2 N–H and O–H groups in total. The maximum Gasteiger partial charge on any atom is 0.363 e. The number of carbonyl (C=O) groups excluding carboxylic acids is 2. The number of nitrogens with one attached hydrogen (secondary N) is 2. The number of hydrogen-bond acceptors (Lipinski definition) is 7. The van der Waals surface area contributed by atoms with Crippen molar-refractivity contribution < 1.29 is 19.2 Å². The van der Waals surface area contributed by atoms with E-state index in [9.17, 15) is 19.7 Å². The molecule has 1 aromatic heterocycles. The highest BCUT2D eigenvalue weighted by Crippen LogP contribution is 2.20. The fourth-order valence-electron chi connectivity index (χ4n) is 3.69. The fourth-order valence-corrected chi connectivity index (χ4v) is 3.69. The molecule has 0 unspecified atom stereocenters. The maximum atomic E-state index is 12.6. The molecule has 2 aliphatic heterocycles. The lowest BCUT2D eigenvalue weighted by molar-refractivity contribution is -0.389. The van der Waals surface area contributed by atoms with Crippen molar-refractivity contribution in [1.29, 1.82) is 0 Å². The first-order valence-corrected chi connectivity index (χ1v) is 10.4. The van der Waals surface area contributed by atoms with E-state index in [2.05, 4.69) is 15.6 Å². The standard InChI is InChI=1S/C21H24N6O5/c28-20(18-2-1-13-32-18)23-15-3-5-16(6-4-15)24-21(29)26-11-9-25(10-12-26)17-7-8-19(22-14-17)27(30)31/h3-8,14,18H,1-2,9-13H2,(H,23,28)(H,24,29)/t18-/m1/s1. The molecule has 2 aliphatic rings.